The van der Waals surface area contributed by atoms with Crippen molar-refractivity contribution in [2.45, 2.75) is 20.3 Å². The van der Waals surface area contributed by atoms with E-state index < -0.39 is 11.7 Å². The third-order valence-corrected chi connectivity index (χ3v) is 3.50. The van der Waals surface area contributed by atoms with Crippen LogP contribution < -0.4 is 15.5 Å². The van der Waals surface area contributed by atoms with Gasteiger partial charge < -0.3 is 10.1 Å². The van der Waals surface area contributed by atoms with Crippen LogP contribution in [0.5, 0.6) is 5.75 Å². The van der Waals surface area contributed by atoms with Crippen LogP contribution in [0, 0.1) is 12.7 Å². The average Bonchev–Trinajstić information content (AvgIpc) is 2.60. The highest BCUT2D eigenvalue weighted by Crippen LogP contribution is 2.25. The first-order valence-corrected chi connectivity index (χ1v) is 7.92. The number of halogens is 1. The summed E-state index contributed by atoms with van der Waals surface area (Å²) in [5.74, 6) is -0.635. The monoisotopic (exact) mass is 357 g/mol. The Hall–Kier alpha value is -3.22. The number of hydrazone groups is 1. The molecule has 0 aromatic heterocycles. The van der Waals surface area contributed by atoms with Crippen molar-refractivity contribution in [1.29, 1.82) is 0 Å². The number of ether oxygens (including phenoxy) is 1. The molecule has 6 nitrogen and oxygen atoms in total. The molecule has 7 heteroatoms. The molecule has 2 rings (SSSR count). The fraction of sp³-hybridized carbons (Fsp3) is 0.211. The van der Waals surface area contributed by atoms with Crippen LogP contribution in [0.1, 0.15) is 29.3 Å². The van der Waals surface area contributed by atoms with E-state index in [0.717, 1.165) is 5.56 Å². The largest absolute Gasteiger partial charge is 0.495 e. The van der Waals surface area contributed by atoms with Gasteiger partial charge in [-0.3, -0.25) is 9.59 Å². The molecular weight excluding hydrogens is 337 g/mol. The summed E-state index contributed by atoms with van der Waals surface area (Å²) in [6.45, 7) is 3.53. The predicted molar refractivity (Wildman–Crippen MR) is 98.0 cm³/mol. The molecule has 0 heterocycles. The van der Waals surface area contributed by atoms with Crippen LogP contribution >= 0.6 is 0 Å². The Morgan fingerprint density at radius 2 is 1.85 bits per heavy atom. The first-order valence-electron chi connectivity index (χ1n) is 7.92. The Morgan fingerprint density at radius 1 is 1.15 bits per heavy atom. The topological polar surface area (TPSA) is 79.8 Å². The fourth-order valence-corrected chi connectivity index (χ4v) is 2.20. The second kappa shape index (κ2) is 8.75. The Kier molecular flexibility index (Phi) is 6.43. The smallest absolute Gasteiger partial charge is 0.271 e. The van der Waals surface area contributed by atoms with Crippen molar-refractivity contribution in [2.75, 3.05) is 12.4 Å². The minimum atomic E-state index is -0.481. The summed E-state index contributed by atoms with van der Waals surface area (Å²) in [7, 11) is 1.53. The van der Waals surface area contributed by atoms with Gasteiger partial charge in [0.05, 0.1) is 19.2 Å². The second-order valence-electron chi connectivity index (χ2n) is 5.72. The minimum absolute atomic E-state index is 0.000788. The lowest BCUT2D eigenvalue weighted by molar-refractivity contribution is -0.115. The van der Waals surface area contributed by atoms with Gasteiger partial charge in [-0.15, -0.1) is 0 Å². The number of benzene rings is 2. The molecule has 2 aromatic rings. The molecule has 0 aliphatic carbocycles. The Morgan fingerprint density at radius 3 is 2.50 bits per heavy atom. The van der Waals surface area contributed by atoms with E-state index in [-0.39, 0.29) is 17.9 Å². The molecule has 0 aliphatic heterocycles. The second-order valence-corrected chi connectivity index (χ2v) is 5.72. The number of hydrogen-bond donors (Lipinski definition) is 2. The Bertz CT molecular complexity index is 832. The van der Waals surface area contributed by atoms with Gasteiger partial charge >= 0.3 is 0 Å². The van der Waals surface area contributed by atoms with Gasteiger partial charge in [0.2, 0.25) is 5.91 Å². The number of nitrogens with zero attached hydrogens (tertiary/aromatic N) is 1. The van der Waals surface area contributed by atoms with Crippen molar-refractivity contribution in [1.82, 2.24) is 5.43 Å². The van der Waals surface area contributed by atoms with Crippen LogP contribution in [-0.4, -0.2) is 24.6 Å². The van der Waals surface area contributed by atoms with E-state index in [2.05, 4.69) is 15.8 Å². The number of carbonyl (C=O) groups is 2. The van der Waals surface area contributed by atoms with E-state index in [1.54, 1.807) is 19.1 Å². The van der Waals surface area contributed by atoms with Crippen molar-refractivity contribution < 1.29 is 18.7 Å². The van der Waals surface area contributed by atoms with Crippen LogP contribution in [0.25, 0.3) is 0 Å². The van der Waals surface area contributed by atoms with Crippen LogP contribution in [0.2, 0.25) is 0 Å². The lowest BCUT2D eigenvalue weighted by Gasteiger charge is -2.11. The van der Waals surface area contributed by atoms with Crippen molar-refractivity contribution in [3.05, 3.63) is 59.4 Å². The highest BCUT2D eigenvalue weighted by atomic mass is 19.1. The van der Waals surface area contributed by atoms with Crippen molar-refractivity contribution in [2.24, 2.45) is 5.10 Å². The molecule has 0 aliphatic rings. The lowest BCUT2D eigenvalue weighted by Crippen LogP contribution is -2.21. The lowest BCUT2D eigenvalue weighted by atomic mass is 10.2. The number of hydrogen-bond acceptors (Lipinski definition) is 4. The highest BCUT2D eigenvalue weighted by Gasteiger charge is 2.10. The Labute approximate surface area is 151 Å². The summed E-state index contributed by atoms with van der Waals surface area (Å²) in [6.07, 6.45) is 0.000788. The number of amides is 2. The predicted octanol–water partition coefficient (Wildman–Crippen LogP) is 3.28. The summed E-state index contributed by atoms with van der Waals surface area (Å²) in [4.78, 5) is 24.1. The van der Waals surface area contributed by atoms with Crippen LogP contribution in [0.3, 0.4) is 0 Å². The van der Waals surface area contributed by atoms with Gasteiger partial charge in [0.1, 0.15) is 11.6 Å². The molecule has 0 atom stereocenters. The molecule has 136 valence electrons. The van der Waals surface area contributed by atoms with E-state index in [1.165, 1.54) is 31.4 Å². The van der Waals surface area contributed by atoms with Crippen molar-refractivity contribution in [3.8, 4) is 5.75 Å². The van der Waals surface area contributed by atoms with Gasteiger partial charge in [-0.05, 0) is 55.8 Å². The molecule has 0 saturated heterocycles. The highest BCUT2D eigenvalue weighted by molar-refractivity contribution is 6.06. The van der Waals surface area contributed by atoms with E-state index in [9.17, 15) is 14.0 Å². The molecule has 0 fully saturated rings. The molecule has 2 amide bonds. The number of rotatable bonds is 6. The zero-order valence-corrected chi connectivity index (χ0v) is 14.8. The van der Waals surface area contributed by atoms with Gasteiger partial charge in [0.15, 0.2) is 0 Å². The first-order chi connectivity index (χ1) is 12.4. The Balaban J connectivity index is 1.94. The summed E-state index contributed by atoms with van der Waals surface area (Å²) < 4.78 is 18.1. The zero-order chi connectivity index (χ0) is 19.1. The molecular formula is C19H20FN3O3. The van der Waals surface area contributed by atoms with E-state index in [1.807, 2.05) is 13.0 Å². The third kappa shape index (κ3) is 5.41. The maximum atomic E-state index is 12.9. The van der Waals surface area contributed by atoms with E-state index >= 15 is 0 Å². The summed E-state index contributed by atoms with van der Waals surface area (Å²) >= 11 is 0. The van der Waals surface area contributed by atoms with Gasteiger partial charge in [0.25, 0.3) is 5.91 Å². The normalized spacial score (nSPS) is 11.0. The maximum Gasteiger partial charge on any atom is 0.271 e. The number of anilines is 1. The molecule has 0 bridgehead atoms. The van der Waals surface area contributed by atoms with Crippen LogP contribution in [-0.2, 0) is 4.79 Å². The van der Waals surface area contributed by atoms with Crippen molar-refractivity contribution in [3.63, 3.8) is 0 Å². The molecule has 2 aromatic carbocycles. The van der Waals surface area contributed by atoms with Crippen LogP contribution in [0.15, 0.2) is 47.6 Å². The third-order valence-electron chi connectivity index (χ3n) is 3.50. The molecule has 2 N–H and O–H groups in total. The van der Waals surface area contributed by atoms with E-state index in [4.69, 9.17) is 4.74 Å². The average molecular weight is 357 g/mol. The number of methoxy groups -OCH3 is 1. The minimum Gasteiger partial charge on any atom is -0.495 e. The molecule has 0 spiro atoms. The standard InChI is InChI=1S/C19H20FN3O3/c1-12-4-9-17(26-3)16(10-12)21-18(24)11-13(2)22-23-19(25)14-5-7-15(20)8-6-14/h4-10H,11H2,1-3H3,(H,21,24)(H,23,25)/b22-13-. The number of aryl methyl sites for hydroxylation is 1. The van der Waals surface area contributed by atoms with Crippen LogP contribution in [0.4, 0.5) is 10.1 Å². The van der Waals surface area contributed by atoms with Gasteiger partial charge in [0, 0.05) is 11.3 Å². The quantitative estimate of drug-likeness (QED) is 0.615. The fourth-order valence-electron chi connectivity index (χ4n) is 2.20. The molecule has 0 unspecified atom stereocenters. The molecule has 0 saturated carbocycles. The zero-order valence-electron chi connectivity index (χ0n) is 14.8. The van der Waals surface area contributed by atoms with Gasteiger partial charge in [-0.25, -0.2) is 9.82 Å². The molecule has 0 radical (unpaired) electrons. The van der Waals surface area contributed by atoms with Crippen molar-refractivity contribution >= 4 is 23.2 Å². The summed E-state index contributed by atoms with van der Waals surface area (Å²) in [5, 5.41) is 6.66. The summed E-state index contributed by atoms with van der Waals surface area (Å²) in [6, 6.07) is 10.5. The van der Waals surface area contributed by atoms with Gasteiger partial charge in [-0.2, -0.15) is 5.10 Å². The number of nitrogens with one attached hydrogen (secondary N) is 2. The number of carbonyl (C=O) groups excluding carboxylic acids is 2. The first kappa shape index (κ1) is 19.1. The van der Waals surface area contributed by atoms with Gasteiger partial charge in [-0.1, -0.05) is 6.07 Å². The SMILES string of the molecule is COc1ccc(C)cc1NC(=O)C/C(C)=N\NC(=O)c1ccc(F)cc1. The molecule has 26 heavy (non-hydrogen) atoms. The summed E-state index contributed by atoms with van der Waals surface area (Å²) in [5.41, 5.74) is 4.59. The van der Waals surface area contributed by atoms with E-state index in [0.29, 0.717) is 17.1 Å². The maximum absolute atomic E-state index is 12.9.